The van der Waals surface area contributed by atoms with Crippen molar-refractivity contribution in [1.29, 1.82) is 0 Å². The van der Waals surface area contributed by atoms with Gasteiger partial charge < -0.3 is 5.32 Å². The van der Waals surface area contributed by atoms with Gasteiger partial charge in [-0.15, -0.1) is 0 Å². The molecule has 3 heteroatoms. The lowest BCUT2D eigenvalue weighted by Crippen LogP contribution is -2.29. The van der Waals surface area contributed by atoms with Crippen molar-refractivity contribution >= 4 is 16.9 Å². The third-order valence-electron chi connectivity index (χ3n) is 3.19. The standard InChI is InChI=1S/C12H22N2S/c1-3-4-5-9(2)14-12-13-8-11(15-12)10-6-7-10/h9-11H,3-8H2,1-2H3,(H,13,14). The topological polar surface area (TPSA) is 24.4 Å². The SMILES string of the molecule is CCCCC(C)NC1=NCC(C2CC2)S1. The van der Waals surface area contributed by atoms with Crippen LogP contribution < -0.4 is 5.32 Å². The Bertz CT molecular complexity index is 236. The number of hydrogen-bond donors (Lipinski definition) is 1. The van der Waals surface area contributed by atoms with E-state index < -0.39 is 0 Å². The van der Waals surface area contributed by atoms with Gasteiger partial charge in [0.1, 0.15) is 0 Å². The third kappa shape index (κ3) is 3.40. The zero-order chi connectivity index (χ0) is 10.7. The van der Waals surface area contributed by atoms with Gasteiger partial charge in [0, 0.05) is 11.3 Å². The molecule has 1 aliphatic carbocycles. The van der Waals surface area contributed by atoms with Crippen LogP contribution in [0.3, 0.4) is 0 Å². The van der Waals surface area contributed by atoms with E-state index in [2.05, 4.69) is 24.2 Å². The summed E-state index contributed by atoms with van der Waals surface area (Å²) in [5, 5.41) is 5.54. The van der Waals surface area contributed by atoms with Crippen molar-refractivity contribution in [2.45, 2.75) is 57.2 Å². The van der Waals surface area contributed by atoms with Crippen molar-refractivity contribution in [2.24, 2.45) is 10.9 Å². The fraction of sp³-hybridized carbons (Fsp3) is 0.917. The van der Waals surface area contributed by atoms with Gasteiger partial charge in [-0.1, -0.05) is 31.5 Å². The van der Waals surface area contributed by atoms with Gasteiger partial charge in [0.15, 0.2) is 5.17 Å². The van der Waals surface area contributed by atoms with Crippen molar-refractivity contribution in [3.63, 3.8) is 0 Å². The van der Waals surface area contributed by atoms with Crippen LogP contribution in [0.15, 0.2) is 4.99 Å². The molecule has 1 aliphatic heterocycles. The number of thioether (sulfide) groups is 1. The van der Waals surface area contributed by atoms with Crippen molar-refractivity contribution in [3.8, 4) is 0 Å². The van der Waals surface area contributed by atoms with Gasteiger partial charge in [0.2, 0.25) is 0 Å². The fourth-order valence-electron chi connectivity index (χ4n) is 1.98. The molecule has 2 atom stereocenters. The smallest absolute Gasteiger partial charge is 0.157 e. The number of aliphatic imine (C=N–C) groups is 1. The van der Waals surface area contributed by atoms with Crippen LogP contribution >= 0.6 is 11.8 Å². The molecular formula is C12H22N2S. The molecule has 2 nitrogen and oxygen atoms in total. The molecule has 1 fully saturated rings. The van der Waals surface area contributed by atoms with Crippen molar-refractivity contribution in [3.05, 3.63) is 0 Å². The van der Waals surface area contributed by atoms with E-state index in [0.29, 0.717) is 6.04 Å². The van der Waals surface area contributed by atoms with Crippen LogP contribution in [0.4, 0.5) is 0 Å². The van der Waals surface area contributed by atoms with E-state index in [-0.39, 0.29) is 0 Å². The second-order valence-corrected chi connectivity index (χ2v) is 6.06. The molecule has 2 rings (SSSR count). The maximum atomic E-state index is 4.59. The van der Waals surface area contributed by atoms with Gasteiger partial charge in [-0.2, -0.15) is 0 Å². The van der Waals surface area contributed by atoms with Crippen LogP contribution in [0.5, 0.6) is 0 Å². The normalized spacial score (nSPS) is 27.6. The summed E-state index contributed by atoms with van der Waals surface area (Å²) in [6.07, 6.45) is 6.75. The quantitative estimate of drug-likeness (QED) is 0.779. The molecule has 0 spiro atoms. The second kappa shape index (κ2) is 5.24. The lowest BCUT2D eigenvalue weighted by molar-refractivity contribution is 0.573. The summed E-state index contributed by atoms with van der Waals surface area (Å²) >= 11 is 1.98. The minimum Gasteiger partial charge on any atom is -0.362 e. The first-order valence-corrected chi connectivity index (χ1v) is 7.15. The molecular weight excluding hydrogens is 204 g/mol. The van der Waals surface area contributed by atoms with Crippen LogP contribution in [0.2, 0.25) is 0 Å². The lowest BCUT2D eigenvalue weighted by Gasteiger charge is -2.14. The Labute approximate surface area is 97.3 Å². The Morgan fingerprint density at radius 3 is 3.00 bits per heavy atom. The second-order valence-electron chi connectivity index (χ2n) is 4.83. The average molecular weight is 226 g/mol. The molecule has 2 unspecified atom stereocenters. The zero-order valence-electron chi connectivity index (χ0n) is 9.83. The van der Waals surface area contributed by atoms with E-state index >= 15 is 0 Å². The first kappa shape index (κ1) is 11.3. The van der Waals surface area contributed by atoms with Gasteiger partial charge >= 0.3 is 0 Å². The Kier molecular flexibility index (Phi) is 3.95. The molecule has 1 saturated carbocycles. The summed E-state index contributed by atoms with van der Waals surface area (Å²) < 4.78 is 0. The molecule has 0 bridgehead atoms. The summed E-state index contributed by atoms with van der Waals surface area (Å²) in [6, 6.07) is 0.592. The predicted octanol–water partition coefficient (Wildman–Crippen LogP) is 3.04. The summed E-state index contributed by atoms with van der Waals surface area (Å²) in [6.45, 7) is 5.57. The number of amidine groups is 1. The molecule has 1 heterocycles. The predicted molar refractivity (Wildman–Crippen MR) is 68.5 cm³/mol. The van der Waals surface area contributed by atoms with E-state index in [1.165, 1.54) is 37.3 Å². The van der Waals surface area contributed by atoms with Gasteiger partial charge in [0.25, 0.3) is 0 Å². The van der Waals surface area contributed by atoms with Gasteiger partial charge in [0.05, 0.1) is 6.54 Å². The van der Waals surface area contributed by atoms with Gasteiger partial charge in [-0.25, -0.2) is 0 Å². The Morgan fingerprint density at radius 1 is 1.53 bits per heavy atom. The molecule has 15 heavy (non-hydrogen) atoms. The number of hydrogen-bond acceptors (Lipinski definition) is 3. The lowest BCUT2D eigenvalue weighted by atomic mass is 10.1. The van der Waals surface area contributed by atoms with Crippen molar-refractivity contribution < 1.29 is 0 Å². The Balaban J connectivity index is 1.66. The molecule has 1 N–H and O–H groups in total. The maximum absolute atomic E-state index is 4.59. The molecule has 0 amide bonds. The summed E-state index contributed by atoms with van der Waals surface area (Å²) in [5.74, 6) is 0.976. The van der Waals surface area contributed by atoms with E-state index in [9.17, 15) is 0 Å². The van der Waals surface area contributed by atoms with E-state index in [4.69, 9.17) is 0 Å². The Hall–Kier alpha value is -0.180. The van der Waals surface area contributed by atoms with Crippen molar-refractivity contribution in [1.82, 2.24) is 5.32 Å². The van der Waals surface area contributed by atoms with E-state index in [1.54, 1.807) is 0 Å². The van der Waals surface area contributed by atoms with E-state index in [1.807, 2.05) is 11.8 Å². The number of nitrogens with zero attached hydrogens (tertiary/aromatic N) is 1. The maximum Gasteiger partial charge on any atom is 0.157 e. The van der Waals surface area contributed by atoms with Crippen molar-refractivity contribution in [2.75, 3.05) is 6.54 Å². The van der Waals surface area contributed by atoms with Gasteiger partial charge in [-0.05, 0) is 32.1 Å². The highest BCUT2D eigenvalue weighted by Gasteiger charge is 2.35. The molecule has 0 aromatic carbocycles. The number of nitrogens with one attached hydrogen (secondary N) is 1. The minimum absolute atomic E-state index is 0.592. The fourth-order valence-corrected chi connectivity index (χ4v) is 3.30. The highest BCUT2D eigenvalue weighted by Crippen LogP contribution is 2.41. The molecule has 0 radical (unpaired) electrons. The highest BCUT2D eigenvalue weighted by atomic mass is 32.2. The number of unbranched alkanes of at least 4 members (excludes halogenated alkanes) is 1. The van der Waals surface area contributed by atoms with Crippen LogP contribution in [0.1, 0.15) is 46.0 Å². The zero-order valence-corrected chi connectivity index (χ0v) is 10.6. The monoisotopic (exact) mass is 226 g/mol. The van der Waals surface area contributed by atoms with Crippen LogP contribution in [0, 0.1) is 5.92 Å². The molecule has 2 aliphatic rings. The number of rotatable bonds is 5. The van der Waals surface area contributed by atoms with Crippen LogP contribution in [0.25, 0.3) is 0 Å². The van der Waals surface area contributed by atoms with Crippen LogP contribution in [-0.4, -0.2) is 23.0 Å². The summed E-state index contributed by atoms with van der Waals surface area (Å²) in [7, 11) is 0. The summed E-state index contributed by atoms with van der Waals surface area (Å²) in [4.78, 5) is 4.59. The summed E-state index contributed by atoms with van der Waals surface area (Å²) in [5.41, 5.74) is 0. The van der Waals surface area contributed by atoms with Gasteiger partial charge in [-0.3, -0.25) is 4.99 Å². The molecule has 0 aromatic rings. The highest BCUT2D eigenvalue weighted by molar-refractivity contribution is 8.14. The molecule has 0 saturated heterocycles. The molecule has 86 valence electrons. The third-order valence-corrected chi connectivity index (χ3v) is 4.49. The molecule has 0 aromatic heterocycles. The first-order valence-electron chi connectivity index (χ1n) is 6.27. The minimum atomic E-state index is 0.592. The average Bonchev–Trinajstić information content (AvgIpc) is 2.98. The Morgan fingerprint density at radius 2 is 2.33 bits per heavy atom. The van der Waals surface area contributed by atoms with E-state index in [0.717, 1.165) is 17.7 Å². The van der Waals surface area contributed by atoms with Crippen LogP contribution in [-0.2, 0) is 0 Å². The first-order chi connectivity index (χ1) is 7.29. The largest absolute Gasteiger partial charge is 0.362 e.